The first-order valence-corrected chi connectivity index (χ1v) is 3.83. The van der Waals surface area contributed by atoms with E-state index in [9.17, 15) is 0 Å². The average molecular weight is 154 g/mol. The minimum absolute atomic E-state index is 0.871. The Balaban J connectivity index is 2.84. The van der Waals surface area contributed by atoms with Gasteiger partial charge in [-0.05, 0) is 24.9 Å². The number of rotatable bonds is 0. The van der Waals surface area contributed by atoms with Gasteiger partial charge in [-0.1, -0.05) is 6.58 Å². The van der Waals surface area contributed by atoms with Gasteiger partial charge in [0.2, 0.25) is 0 Å². The number of hydrogen-bond donors (Lipinski definition) is 1. The Bertz CT molecular complexity index is 216. The summed E-state index contributed by atoms with van der Waals surface area (Å²) in [6.45, 7) is 5.87. The summed E-state index contributed by atoms with van der Waals surface area (Å²) in [6, 6.07) is 0. The van der Waals surface area contributed by atoms with Gasteiger partial charge in [0.05, 0.1) is 0 Å². The van der Waals surface area contributed by atoms with Crippen LogP contribution in [0.5, 0.6) is 0 Å². The lowest BCUT2D eigenvalue weighted by molar-refractivity contribution is 1.33. The standard InChI is InChI=1S/C7H10N2S/c1-5-4-6(2)10-9-7(5)8-3/h4H,1H2,2-3H3,(H,8,9). The molecule has 0 bridgehead atoms. The van der Waals surface area contributed by atoms with E-state index < -0.39 is 0 Å². The molecule has 0 fully saturated rings. The molecule has 0 aromatic rings. The maximum absolute atomic E-state index is 4.00. The van der Waals surface area contributed by atoms with Crippen molar-refractivity contribution in [2.75, 3.05) is 7.05 Å². The van der Waals surface area contributed by atoms with Gasteiger partial charge in [0.1, 0.15) is 5.84 Å². The van der Waals surface area contributed by atoms with Crippen molar-refractivity contribution in [1.82, 2.24) is 4.72 Å². The fourth-order valence-electron chi connectivity index (χ4n) is 0.727. The number of aliphatic imine (C=N–C) groups is 1. The summed E-state index contributed by atoms with van der Waals surface area (Å²) < 4.78 is 3.07. The van der Waals surface area contributed by atoms with Crippen molar-refractivity contribution >= 4 is 17.8 Å². The first-order chi connectivity index (χ1) is 4.74. The van der Waals surface area contributed by atoms with Crippen LogP contribution in [0.25, 0.3) is 0 Å². The van der Waals surface area contributed by atoms with Gasteiger partial charge < -0.3 is 4.72 Å². The third kappa shape index (κ3) is 1.42. The van der Waals surface area contributed by atoms with Crippen LogP contribution in [0, 0.1) is 0 Å². The first-order valence-electron chi connectivity index (χ1n) is 3.01. The Hall–Kier alpha value is -0.700. The van der Waals surface area contributed by atoms with Gasteiger partial charge in [-0.15, -0.1) is 0 Å². The maximum atomic E-state index is 4.00. The number of hydrogen-bond acceptors (Lipinski definition) is 2. The van der Waals surface area contributed by atoms with Crippen LogP contribution in [0.15, 0.2) is 28.1 Å². The van der Waals surface area contributed by atoms with Gasteiger partial charge in [0.15, 0.2) is 0 Å². The predicted octanol–water partition coefficient (Wildman–Crippen LogP) is 1.73. The molecule has 0 radical (unpaired) electrons. The van der Waals surface area contributed by atoms with E-state index >= 15 is 0 Å². The molecule has 0 saturated carbocycles. The van der Waals surface area contributed by atoms with Crippen LogP contribution in [0.3, 0.4) is 0 Å². The van der Waals surface area contributed by atoms with Crippen LogP contribution in [-0.2, 0) is 0 Å². The molecule has 3 heteroatoms. The second-order valence-electron chi connectivity index (χ2n) is 2.06. The van der Waals surface area contributed by atoms with Crippen molar-refractivity contribution in [3.63, 3.8) is 0 Å². The molecule has 54 valence electrons. The first kappa shape index (κ1) is 7.41. The maximum Gasteiger partial charge on any atom is 0.137 e. The third-order valence-electron chi connectivity index (χ3n) is 1.21. The van der Waals surface area contributed by atoms with Crippen molar-refractivity contribution in [2.24, 2.45) is 4.99 Å². The Morgan fingerprint density at radius 3 is 2.90 bits per heavy atom. The fourth-order valence-corrected chi connectivity index (χ4v) is 1.41. The lowest BCUT2D eigenvalue weighted by atomic mass is 10.2. The number of amidine groups is 1. The molecular weight excluding hydrogens is 144 g/mol. The van der Waals surface area contributed by atoms with E-state index in [4.69, 9.17) is 0 Å². The van der Waals surface area contributed by atoms with Gasteiger partial charge in [0.25, 0.3) is 0 Å². The Morgan fingerprint density at radius 2 is 2.40 bits per heavy atom. The quantitative estimate of drug-likeness (QED) is 0.537. The molecule has 0 unspecified atom stereocenters. The highest BCUT2D eigenvalue weighted by atomic mass is 32.2. The van der Waals surface area contributed by atoms with Crippen LogP contribution in [0.2, 0.25) is 0 Å². The molecule has 0 spiro atoms. The van der Waals surface area contributed by atoms with Crippen LogP contribution < -0.4 is 4.72 Å². The smallest absolute Gasteiger partial charge is 0.137 e. The second kappa shape index (κ2) is 2.92. The van der Waals surface area contributed by atoms with E-state index in [1.165, 1.54) is 4.91 Å². The number of allylic oxidation sites excluding steroid dienone is 1. The Labute approximate surface area is 65.2 Å². The summed E-state index contributed by atoms with van der Waals surface area (Å²) in [6.07, 6.45) is 2.02. The van der Waals surface area contributed by atoms with Gasteiger partial charge in [-0.2, -0.15) is 0 Å². The van der Waals surface area contributed by atoms with Crippen LogP contribution in [0.4, 0.5) is 0 Å². The van der Waals surface area contributed by atoms with Gasteiger partial charge >= 0.3 is 0 Å². The van der Waals surface area contributed by atoms with Crippen molar-refractivity contribution in [3.8, 4) is 0 Å². The molecular formula is C7H10N2S. The molecule has 1 N–H and O–H groups in total. The lowest BCUT2D eigenvalue weighted by Crippen LogP contribution is -2.20. The third-order valence-corrected chi connectivity index (χ3v) is 1.95. The monoisotopic (exact) mass is 154 g/mol. The highest BCUT2D eigenvalue weighted by Crippen LogP contribution is 2.18. The van der Waals surface area contributed by atoms with E-state index in [0.29, 0.717) is 0 Å². The molecule has 0 amide bonds. The summed E-state index contributed by atoms with van der Waals surface area (Å²) in [5.41, 5.74) is 0.957. The highest BCUT2D eigenvalue weighted by Gasteiger charge is 2.07. The van der Waals surface area contributed by atoms with Crippen molar-refractivity contribution in [2.45, 2.75) is 6.92 Å². The molecule has 2 nitrogen and oxygen atoms in total. The lowest BCUT2D eigenvalue weighted by Gasteiger charge is -2.14. The van der Waals surface area contributed by atoms with E-state index in [1.807, 2.05) is 13.0 Å². The summed E-state index contributed by atoms with van der Waals surface area (Å²) in [7, 11) is 1.75. The van der Waals surface area contributed by atoms with Crippen LogP contribution in [0.1, 0.15) is 6.92 Å². The molecule has 0 aromatic heterocycles. The van der Waals surface area contributed by atoms with E-state index in [2.05, 4.69) is 16.3 Å². The van der Waals surface area contributed by atoms with Gasteiger partial charge in [-0.3, -0.25) is 4.99 Å². The normalized spacial score (nSPS) is 22.4. The molecule has 1 rings (SSSR count). The van der Waals surface area contributed by atoms with Gasteiger partial charge in [0, 0.05) is 17.5 Å². The van der Waals surface area contributed by atoms with Crippen LogP contribution >= 0.6 is 11.9 Å². The number of nitrogens with zero attached hydrogens (tertiary/aromatic N) is 1. The summed E-state index contributed by atoms with van der Waals surface area (Å²) in [5.74, 6) is 0.871. The summed E-state index contributed by atoms with van der Waals surface area (Å²) >= 11 is 1.57. The van der Waals surface area contributed by atoms with Crippen molar-refractivity contribution < 1.29 is 0 Å². The summed E-state index contributed by atoms with van der Waals surface area (Å²) in [4.78, 5) is 5.22. The fraction of sp³-hybridized carbons (Fsp3) is 0.286. The molecule has 10 heavy (non-hydrogen) atoms. The SMILES string of the molecule is C=C1C=C(C)SNC1=NC. The summed E-state index contributed by atoms with van der Waals surface area (Å²) in [5, 5.41) is 0. The Kier molecular flexibility index (Phi) is 2.17. The van der Waals surface area contributed by atoms with E-state index in [-0.39, 0.29) is 0 Å². The van der Waals surface area contributed by atoms with E-state index in [1.54, 1.807) is 19.0 Å². The zero-order chi connectivity index (χ0) is 7.56. The minimum atomic E-state index is 0.871. The molecule has 0 aromatic carbocycles. The van der Waals surface area contributed by atoms with Crippen LogP contribution in [-0.4, -0.2) is 12.9 Å². The zero-order valence-corrected chi connectivity index (χ0v) is 6.96. The topological polar surface area (TPSA) is 24.4 Å². The molecule has 1 aliphatic rings. The number of nitrogens with one attached hydrogen (secondary N) is 1. The van der Waals surface area contributed by atoms with Crippen molar-refractivity contribution in [3.05, 3.63) is 23.1 Å². The minimum Gasteiger partial charge on any atom is -0.310 e. The molecule has 0 aliphatic carbocycles. The van der Waals surface area contributed by atoms with Gasteiger partial charge in [-0.25, -0.2) is 0 Å². The molecule has 1 heterocycles. The largest absolute Gasteiger partial charge is 0.310 e. The zero-order valence-electron chi connectivity index (χ0n) is 6.14. The molecule has 1 aliphatic heterocycles. The Morgan fingerprint density at radius 1 is 1.70 bits per heavy atom. The van der Waals surface area contributed by atoms with Crippen molar-refractivity contribution in [1.29, 1.82) is 0 Å². The second-order valence-corrected chi connectivity index (χ2v) is 3.11. The molecule has 0 saturated heterocycles. The highest BCUT2D eigenvalue weighted by molar-refractivity contribution is 8.01. The van der Waals surface area contributed by atoms with E-state index in [0.717, 1.165) is 11.4 Å². The molecule has 0 atom stereocenters. The average Bonchev–Trinajstić information content (AvgIpc) is 1.88. The predicted molar refractivity (Wildman–Crippen MR) is 47.0 cm³/mol.